The fraction of sp³-hybridized carbons (Fsp3) is 0.500. The van der Waals surface area contributed by atoms with Crippen LogP contribution in [0.2, 0.25) is 0 Å². The van der Waals surface area contributed by atoms with E-state index >= 15 is 0 Å². The normalized spacial score (nSPS) is 11.9. The first-order valence-corrected chi connectivity index (χ1v) is 9.85. The summed E-state index contributed by atoms with van der Waals surface area (Å²) >= 11 is 0. The van der Waals surface area contributed by atoms with Crippen molar-refractivity contribution in [1.82, 2.24) is 4.31 Å². The molecule has 0 saturated carbocycles. The third-order valence-corrected chi connectivity index (χ3v) is 4.28. The van der Waals surface area contributed by atoms with Crippen LogP contribution in [-0.2, 0) is 33.4 Å². The van der Waals surface area contributed by atoms with Crippen LogP contribution in [0.25, 0.3) is 0 Å². The maximum Gasteiger partial charge on any atom is 0.394 e. The van der Waals surface area contributed by atoms with E-state index < -0.39 is 20.4 Å². The second kappa shape index (κ2) is 9.15. The number of hydrogen-bond acceptors (Lipinski definition) is 6. The molecule has 0 radical (unpaired) electrons. The number of nitrogen functional groups attached to an aromatic ring is 1. The highest BCUT2D eigenvalue weighted by atomic mass is 32.3. The van der Waals surface area contributed by atoms with Crippen molar-refractivity contribution >= 4 is 26.1 Å². The number of benzene rings is 1. The van der Waals surface area contributed by atoms with E-state index in [1.165, 1.54) is 10.6 Å². The van der Waals surface area contributed by atoms with Crippen LogP contribution in [0.15, 0.2) is 18.2 Å². The van der Waals surface area contributed by atoms with Gasteiger partial charge in [0, 0.05) is 25.3 Å². The van der Waals surface area contributed by atoms with Gasteiger partial charge in [0.15, 0.2) is 0 Å². The third-order valence-electron chi connectivity index (χ3n) is 2.90. The summed E-state index contributed by atoms with van der Waals surface area (Å²) in [4.78, 5) is 0. The van der Waals surface area contributed by atoms with E-state index in [2.05, 4.69) is 0 Å². The smallest absolute Gasteiger partial charge is 0.394 e. The topological polar surface area (TPSA) is 164 Å². The van der Waals surface area contributed by atoms with E-state index in [1.807, 2.05) is 25.1 Å². The molecule has 0 aromatic heterocycles. The molecule has 0 amide bonds. The minimum absolute atomic E-state index is 0.392. The van der Waals surface area contributed by atoms with Crippen LogP contribution in [0.1, 0.15) is 18.1 Å². The molecule has 6 N–H and O–H groups in total. The number of anilines is 1. The van der Waals surface area contributed by atoms with Crippen molar-refractivity contribution < 1.29 is 25.9 Å². The summed E-state index contributed by atoms with van der Waals surface area (Å²) in [5.41, 5.74) is 14.0. The third kappa shape index (κ3) is 10.2. The standard InChI is InChI=1S/C12H21N3O2S.H2O4S/c1-3-15(18(2,16)17)7-6-10-4-5-12(14)11(8-10)9-13;1-5(2,3)4/h4-5,8H,3,6-7,9,13-14H2,1-2H3;(H2,1,2,3,4). The van der Waals surface area contributed by atoms with E-state index in [0.717, 1.165) is 11.1 Å². The molecule has 0 fully saturated rings. The van der Waals surface area contributed by atoms with Gasteiger partial charge in [0.25, 0.3) is 0 Å². The van der Waals surface area contributed by atoms with Crippen LogP contribution in [0.5, 0.6) is 0 Å². The molecule has 0 bridgehead atoms. The average molecular weight is 369 g/mol. The van der Waals surface area contributed by atoms with Gasteiger partial charge in [-0.15, -0.1) is 0 Å². The minimum atomic E-state index is -4.67. The highest BCUT2D eigenvalue weighted by Gasteiger charge is 2.13. The molecule has 0 spiro atoms. The van der Waals surface area contributed by atoms with Gasteiger partial charge >= 0.3 is 10.4 Å². The van der Waals surface area contributed by atoms with Crippen LogP contribution in [0, 0.1) is 0 Å². The Bertz CT molecular complexity index is 696. The number of rotatable bonds is 6. The molecule has 0 unspecified atom stereocenters. The lowest BCUT2D eigenvalue weighted by Gasteiger charge is -2.18. The Morgan fingerprint density at radius 1 is 1.17 bits per heavy atom. The fourth-order valence-corrected chi connectivity index (χ4v) is 2.70. The number of sulfonamides is 1. The minimum Gasteiger partial charge on any atom is -0.398 e. The van der Waals surface area contributed by atoms with Crippen LogP contribution in [-0.4, -0.2) is 49.6 Å². The number of likely N-dealkylation sites (N-methyl/N-ethyl adjacent to an activating group) is 1. The van der Waals surface area contributed by atoms with Crippen molar-refractivity contribution in [1.29, 1.82) is 0 Å². The molecule has 0 atom stereocenters. The highest BCUT2D eigenvalue weighted by Crippen LogP contribution is 2.14. The Morgan fingerprint density at radius 2 is 1.70 bits per heavy atom. The molecule has 1 rings (SSSR count). The van der Waals surface area contributed by atoms with Gasteiger partial charge in [-0.3, -0.25) is 9.11 Å². The summed E-state index contributed by atoms with van der Waals surface area (Å²) in [6.07, 6.45) is 1.89. The van der Waals surface area contributed by atoms with Gasteiger partial charge in [-0.2, -0.15) is 8.42 Å². The molecule has 0 heterocycles. The summed E-state index contributed by atoms with van der Waals surface area (Å²) < 4.78 is 55.9. The molecule has 9 nitrogen and oxygen atoms in total. The predicted molar refractivity (Wildman–Crippen MR) is 88.7 cm³/mol. The van der Waals surface area contributed by atoms with Gasteiger partial charge in [-0.1, -0.05) is 19.1 Å². The summed E-state index contributed by atoms with van der Waals surface area (Å²) in [5, 5.41) is 0. The lowest BCUT2D eigenvalue weighted by molar-refractivity contribution is 0.381. The van der Waals surface area contributed by atoms with Gasteiger partial charge in [0.1, 0.15) is 0 Å². The van der Waals surface area contributed by atoms with Gasteiger partial charge in [-0.25, -0.2) is 12.7 Å². The maximum absolute atomic E-state index is 11.4. The van der Waals surface area contributed by atoms with Crippen LogP contribution in [0.4, 0.5) is 5.69 Å². The molecule has 0 aliphatic heterocycles. The predicted octanol–water partition coefficient (Wildman–Crippen LogP) is -0.101. The number of hydrogen-bond donors (Lipinski definition) is 4. The number of nitrogens with zero attached hydrogens (tertiary/aromatic N) is 1. The molecule has 23 heavy (non-hydrogen) atoms. The Hall–Kier alpha value is -1.24. The molecule has 1 aromatic carbocycles. The van der Waals surface area contributed by atoms with Crippen molar-refractivity contribution in [3.63, 3.8) is 0 Å². The summed E-state index contributed by atoms with van der Waals surface area (Å²) in [7, 11) is -7.79. The fourth-order valence-electron chi connectivity index (χ4n) is 1.80. The Kier molecular flexibility index (Phi) is 8.66. The Balaban J connectivity index is 0.000000841. The first-order chi connectivity index (χ1) is 10.4. The van der Waals surface area contributed by atoms with Crippen LogP contribution in [0.3, 0.4) is 0 Å². The monoisotopic (exact) mass is 369 g/mol. The lowest BCUT2D eigenvalue weighted by atomic mass is 10.1. The highest BCUT2D eigenvalue weighted by molar-refractivity contribution is 7.88. The van der Waals surface area contributed by atoms with E-state index in [4.69, 9.17) is 29.0 Å². The Morgan fingerprint density at radius 3 is 2.09 bits per heavy atom. The van der Waals surface area contributed by atoms with Crippen LogP contribution < -0.4 is 11.5 Å². The molecule has 0 aliphatic carbocycles. The molecular formula is C12H23N3O6S2. The molecule has 0 saturated heterocycles. The van der Waals surface area contributed by atoms with Crippen molar-refractivity contribution in [2.45, 2.75) is 19.9 Å². The van der Waals surface area contributed by atoms with Crippen molar-refractivity contribution in [3.8, 4) is 0 Å². The van der Waals surface area contributed by atoms with E-state index in [0.29, 0.717) is 31.7 Å². The van der Waals surface area contributed by atoms with E-state index in [9.17, 15) is 8.42 Å². The summed E-state index contributed by atoms with van der Waals surface area (Å²) in [6.45, 7) is 3.18. The Labute approximate surface area is 136 Å². The molecule has 1 aromatic rings. The van der Waals surface area contributed by atoms with Gasteiger partial charge < -0.3 is 11.5 Å². The first kappa shape index (κ1) is 21.8. The number of nitrogens with two attached hydrogens (primary N) is 2. The molecular weight excluding hydrogens is 346 g/mol. The zero-order valence-electron chi connectivity index (χ0n) is 13.0. The van der Waals surface area contributed by atoms with E-state index in [1.54, 1.807) is 0 Å². The zero-order chi connectivity index (χ0) is 18.3. The van der Waals surface area contributed by atoms with Gasteiger partial charge in [0.05, 0.1) is 6.26 Å². The van der Waals surface area contributed by atoms with Crippen molar-refractivity contribution in [3.05, 3.63) is 29.3 Å². The summed E-state index contributed by atoms with van der Waals surface area (Å²) in [6, 6.07) is 5.66. The second-order valence-electron chi connectivity index (χ2n) is 4.69. The largest absolute Gasteiger partial charge is 0.398 e. The zero-order valence-corrected chi connectivity index (χ0v) is 14.6. The first-order valence-electron chi connectivity index (χ1n) is 6.60. The van der Waals surface area contributed by atoms with Gasteiger partial charge in [-0.05, 0) is 23.6 Å². The van der Waals surface area contributed by atoms with Gasteiger partial charge in [0.2, 0.25) is 10.0 Å². The average Bonchev–Trinajstić information content (AvgIpc) is 2.37. The lowest BCUT2D eigenvalue weighted by Crippen LogP contribution is -2.31. The maximum atomic E-state index is 11.4. The second-order valence-corrected chi connectivity index (χ2v) is 7.57. The van der Waals surface area contributed by atoms with Crippen molar-refractivity contribution in [2.24, 2.45) is 5.73 Å². The van der Waals surface area contributed by atoms with E-state index in [-0.39, 0.29) is 0 Å². The van der Waals surface area contributed by atoms with Crippen molar-refractivity contribution in [2.75, 3.05) is 25.1 Å². The molecule has 0 aliphatic rings. The SMILES string of the molecule is CCN(CCc1ccc(N)c(CN)c1)S(C)(=O)=O.O=S(=O)(O)O. The molecule has 134 valence electrons. The summed E-state index contributed by atoms with van der Waals surface area (Å²) in [5.74, 6) is 0. The molecule has 11 heteroatoms. The quantitative estimate of drug-likeness (QED) is 0.399. The van der Waals surface area contributed by atoms with Crippen LogP contribution >= 0.6 is 0 Å².